The van der Waals surface area contributed by atoms with Crippen molar-refractivity contribution in [1.82, 2.24) is 0 Å². The Morgan fingerprint density at radius 3 is 2.41 bits per heavy atom. The highest BCUT2D eigenvalue weighted by Gasteiger charge is 2.17. The Hall–Kier alpha value is -2.41. The van der Waals surface area contributed by atoms with Crippen LogP contribution in [0, 0.1) is 33.5 Å². The first-order chi connectivity index (χ1) is 15.9. The molecule has 0 N–H and O–H groups in total. The fourth-order valence-corrected chi connectivity index (χ4v) is 3.35. The van der Waals surface area contributed by atoms with E-state index < -0.39 is 20.1 Å². The van der Waals surface area contributed by atoms with E-state index in [-0.39, 0.29) is 17.0 Å². The molecule has 0 spiro atoms. The van der Waals surface area contributed by atoms with Gasteiger partial charge in [-0.15, -0.1) is 0 Å². The summed E-state index contributed by atoms with van der Waals surface area (Å²) in [6, 6.07) is 12.3. The van der Waals surface area contributed by atoms with Crippen LogP contribution >= 0.6 is 0 Å². The minimum atomic E-state index is -2.37. The van der Waals surface area contributed by atoms with Crippen LogP contribution in [-0.2, 0) is 13.4 Å². The lowest BCUT2D eigenvalue weighted by atomic mass is 9.91. The first-order valence-electron chi connectivity index (χ1n) is 13.2. The van der Waals surface area contributed by atoms with Gasteiger partial charge in [-0.2, -0.15) is 0 Å². The van der Waals surface area contributed by atoms with Crippen molar-refractivity contribution in [2.75, 3.05) is 0 Å². The first kappa shape index (κ1) is 11.4. The second kappa shape index (κ2) is 7.68. The Kier molecular flexibility index (Phi) is 3.25. The Morgan fingerprint density at radius 2 is 1.70 bits per heavy atom. The molecule has 0 saturated carbocycles. The lowest BCUT2D eigenvalue weighted by Gasteiger charge is -2.14. The van der Waals surface area contributed by atoms with Gasteiger partial charge in [-0.1, -0.05) is 44.2 Å². The van der Waals surface area contributed by atoms with Gasteiger partial charge >= 0.3 is 0 Å². The van der Waals surface area contributed by atoms with E-state index >= 15 is 0 Å². The quantitative estimate of drug-likeness (QED) is 0.479. The number of rotatable bonds is 4. The largest absolute Gasteiger partial charge is 0.212 e. The monoisotopic (exact) mass is 366 g/mol. The molecule has 0 radical (unpaired) electrons. The molecule has 0 fully saturated rings. The van der Waals surface area contributed by atoms with E-state index in [1.54, 1.807) is 55.1 Å². The van der Waals surface area contributed by atoms with E-state index in [0.29, 0.717) is 22.3 Å². The zero-order chi connectivity index (χ0) is 26.5. The molecule has 1 aromatic heterocycles. The standard InChI is InChI=1S/C26H32N/c1-17(2)11-22-9-8-10-23(14-22)24-15-25(20(5)12-19(24)4)26-13-18(3)21(6)16-27(26)7/h8-10,12-17H,11H2,1-7H3/q+1/i4D3,6D3,11D2. The Labute approximate surface area is 175 Å². The zero-order valence-electron chi connectivity index (χ0n) is 24.6. The molecule has 0 bridgehead atoms. The van der Waals surface area contributed by atoms with Gasteiger partial charge in [0.1, 0.15) is 7.05 Å². The maximum Gasteiger partial charge on any atom is 0.212 e. The summed E-state index contributed by atoms with van der Waals surface area (Å²) in [6.45, 7) is 2.63. The zero-order valence-corrected chi connectivity index (χ0v) is 16.6. The molecule has 0 unspecified atom stereocenters. The maximum atomic E-state index is 8.50. The van der Waals surface area contributed by atoms with Crippen LogP contribution < -0.4 is 4.57 Å². The SMILES string of the molecule is [2H]C([2H])([2H])c1c[n+](C)c(-c2cc(-c3cccc(C([2H])([2H])C(C)C)c3)c(C([2H])([2H])[2H])cc2C)cc1C. The molecule has 140 valence electrons. The maximum absolute atomic E-state index is 8.50. The number of hydrogen-bond acceptors (Lipinski definition) is 0. The van der Waals surface area contributed by atoms with Crippen LogP contribution in [0.1, 0.15) is 52.6 Å². The Balaban J connectivity index is 2.30. The van der Waals surface area contributed by atoms with Gasteiger partial charge in [0.05, 0.1) is 0 Å². The van der Waals surface area contributed by atoms with Crippen molar-refractivity contribution in [3.63, 3.8) is 0 Å². The van der Waals surface area contributed by atoms with Crippen LogP contribution in [0.3, 0.4) is 0 Å². The smallest absolute Gasteiger partial charge is 0.201 e. The third-order valence-electron chi connectivity index (χ3n) is 4.75. The number of aromatic nitrogens is 1. The van der Waals surface area contributed by atoms with E-state index in [2.05, 4.69) is 0 Å². The number of hydrogen-bond donors (Lipinski definition) is 0. The van der Waals surface area contributed by atoms with E-state index in [4.69, 9.17) is 11.0 Å². The van der Waals surface area contributed by atoms with Crippen molar-refractivity contribution in [3.8, 4) is 22.4 Å². The van der Waals surface area contributed by atoms with Gasteiger partial charge in [0, 0.05) is 28.2 Å². The number of pyridine rings is 1. The molecule has 1 heteroatoms. The molecule has 0 aliphatic rings. The van der Waals surface area contributed by atoms with Crippen molar-refractivity contribution in [1.29, 1.82) is 0 Å². The van der Waals surface area contributed by atoms with Crippen LogP contribution in [0.5, 0.6) is 0 Å². The average Bonchev–Trinajstić information content (AvgIpc) is 2.73. The summed E-state index contributed by atoms with van der Waals surface area (Å²) in [4.78, 5) is 0. The van der Waals surface area contributed by atoms with Crippen molar-refractivity contribution >= 4 is 0 Å². The molecule has 2 aromatic carbocycles. The molecule has 0 saturated heterocycles. The van der Waals surface area contributed by atoms with E-state index in [1.165, 1.54) is 0 Å². The van der Waals surface area contributed by atoms with Crippen LogP contribution in [0.15, 0.2) is 48.7 Å². The van der Waals surface area contributed by atoms with Gasteiger partial charge in [-0.05, 0) is 79.3 Å². The molecule has 1 heterocycles. The third kappa shape index (κ3) is 4.13. The van der Waals surface area contributed by atoms with Crippen LogP contribution in [0.2, 0.25) is 0 Å². The molecule has 0 aliphatic carbocycles. The van der Waals surface area contributed by atoms with Crippen LogP contribution in [0.25, 0.3) is 22.4 Å². The lowest BCUT2D eigenvalue weighted by Crippen LogP contribution is -2.31. The fraction of sp³-hybridized carbons (Fsp3) is 0.346. The normalized spacial score (nSPS) is 17.1. The minimum Gasteiger partial charge on any atom is -0.201 e. The van der Waals surface area contributed by atoms with Gasteiger partial charge in [0.2, 0.25) is 5.69 Å². The molecule has 1 nitrogen and oxygen atoms in total. The summed E-state index contributed by atoms with van der Waals surface area (Å²) < 4.78 is 66.6. The highest BCUT2D eigenvalue weighted by molar-refractivity contribution is 5.76. The predicted molar refractivity (Wildman–Crippen MR) is 116 cm³/mol. The van der Waals surface area contributed by atoms with Crippen LogP contribution in [-0.4, -0.2) is 0 Å². The highest BCUT2D eigenvalue weighted by Crippen LogP contribution is 2.32. The van der Waals surface area contributed by atoms with Gasteiger partial charge in [-0.3, -0.25) is 0 Å². The molecule has 0 amide bonds. The predicted octanol–water partition coefficient (Wildman–Crippen LogP) is 6.28. The molecule has 27 heavy (non-hydrogen) atoms. The summed E-state index contributed by atoms with van der Waals surface area (Å²) >= 11 is 0. The second-order valence-corrected chi connectivity index (χ2v) is 7.46. The lowest BCUT2D eigenvalue weighted by molar-refractivity contribution is -0.660. The van der Waals surface area contributed by atoms with Crippen molar-refractivity contribution < 1.29 is 15.5 Å². The van der Waals surface area contributed by atoms with Gasteiger partial charge < -0.3 is 0 Å². The number of nitrogens with zero attached hydrogens (tertiary/aromatic N) is 1. The summed E-state index contributed by atoms with van der Waals surface area (Å²) in [6.07, 6.45) is 0.0323. The molecular weight excluding hydrogens is 326 g/mol. The highest BCUT2D eigenvalue weighted by atomic mass is 14.9. The molecular formula is C26H32N+. The van der Waals surface area contributed by atoms with E-state index in [0.717, 1.165) is 16.8 Å². The minimum absolute atomic E-state index is 0.194. The molecule has 3 aromatic rings. The number of benzene rings is 2. The number of aryl methyl sites for hydroxylation is 5. The second-order valence-electron chi connectivity index (χ2n) is 7.46. The van der Waals surface area contributed by atoms with Crippen molar-refractivity contribution in [2.24, 2.45) is 13.0 Å². The van der Waals surface area contributed by atoms with E-state index in [9.17, 15) is 0 Å². The third-order valence-corrected chi connectivity index (χ3v) is 4.75. The summed E-state index contributed by atoms with van der Waals surface area (Å²) in [7, 11) is 1.78. The summed E-state index contributed by atoms with van der Waals surface area (Å²) in [5.74, 6) is -0.257. The van der Waals surface area contributed by atoms with Crippen LogP contribution in [0.4, 0.5) is 0 Å². The molecule has 0 aliphatic heterocycles. The Bertz CT molecular complexity index is 1250. The summed E-state index contributed by atoms with van der Waals surface area (Å²) in [5.41, 5.74) is 5.02. The summed E-state index contributed by atoms with van der Waals surface area (Å²) in [5, 5.41) is 0. The van der Waals surface area contributed by atoms with E-state index in [1.807, 2.05) is 32.9 Å². The molecule has 3 rings (SSSR count). The van der Waals surface area contributed by atoms with Crippen molar-refractivity contribution in [3.05, 3.63) is 76.5 Å². The van der Waals surface area contributed by atoms with Gasteiger partial charge in [0.15, 0.2) is 6.20 Å². The average molecular weight is 367 g/mol. The Morgan fingerprint density at radius 1 is 0.926 bits per heavy atom. The topological polar surface area (TPSA) is 3.88 Å². The van der Waals surface area contributed by atoms with Gasteiger partial charge in [-0.25, -0.2) is 4.57 Å². The first-order valence-corrected chi connectivity index (χ1v) is 9.21. The molecule has 0 atom stereocenters. The van der Waals surface area contributed by atoms with Gasteiger partial charge in [0.25, 0.3) is 0 Å². The fourth-order valence-electron chi connectivity index (χ4n) is 3.35. The van der Waals surface area contributed by atoms with Crippen molar-refractivity contribution in [2.45, 2.75) is 47.8 Å².